The standard InChI is InChI=1S/C18H15NS2/c1-2-14-21-18(19-16-9-5-3-6-10-16)13-15-20-17-11-7-4-8-12-17/h1,3-13,15H,14H2. The molecule has 2 rings (SSSR count). The highest BCUT2D eigenvalue weighted by molar-refractivity contribution is 8.14. The van der Waals surface area contributed by atoms with Crippen molar-refractivity contribution in [3.63, 3.8) is 0 Å². The molecule has 0 saturated carbocycles. The highest BCUT2D eigenvalue weighted by Gasteiger charge is 1.96. The smallest absolute Gasteiger partial charge is 0.0981 e. The van der Waals surface area contributed by atoms with Gasteiger partial charge in [0.1, 0.15) is 0 Å². The Bertz CT molecular complexity index is 640. The second kappa shape index (κ2) is 9.12. The average Bonchev–Trinajstić information content (AvgIpc) is 2.54. The molecule has 0 N–H and O–H groups in total. The second-order valence-electron chi connectivity index (χ2n) is 4.01. The molecule has 0 aromatic heterocycles. The van der Waals surface area contributed by atoms with Crippen LogP contribution in [-0.4, -0.2) is 10.8 Å². The highest BCUT2D eigenvalue weighted by atomic mass is 32.2. The van der Waals surface area contributed by atoms with Gasteiger partial charge in [-0.15, -0.1) is 6.42 Å². The number of aliphatic imine (C=N–C) groups is 1. The molecule has 1 nitrogen and oxygen atoms in total. The van der Waals surface area contributed by atoms with Crippen molar-refractivity contribution in [2.45, 2.75) is 4.90 Å². The van der Waals surface area contributed by atoms with Gasteiger partial charge in [-0.2, -0.15) is 0 Å². The van der Waals surface area contributed by atoms with E-state index in [9.17, 15) is 0 Å². The third kappa shape index (κ3) is 5.95. The predicted molar refractivity (Wildman–Crippen MR) is 96.3 cm³/mol. The van der Waals surface area contributed by atoms with Crippen LogP contribution in [-0.2, 0) is 0 Å². The van der Waals surface area contributed by atoms with E-state index < -0.39 is 0 Å². The molecule has 0 aliphatic carbocycles. The maximum Gasteiger partial charge on any atom is 0.0981 e. The molecule has 0 aliphatic rings. The fourth-order valence-corrected chi connectivity index (χ4v) is 2.85. The quantitative estimate of drug-likeness (QED) is 0.318. The Hall–Kier alpha value is -1.89. The molecule has 2 aromatic carbocycles. The summed E-state index contributed by atoms with van der Waals surface area (Å²) in [5.74, 6) is 3.25. The van der Waals surface area contributed by atoms with Gasteiger partial charge >= 0.3 is 0 Å². The molecule has 3 heteroatoms. The summed E-state index contributed by atoms with van der Waals surface area (Å²) in [6.07, 6.45) is 7.34. The van der Waals surface area contributed by atoms with Crippen molar-refractivity contribution in [3.8, 4) is 12.3 Å². The van der Waals surface area contributed by atoms with Crippen LogP contribution in [0.1, 0.15) is 0 Å². The number of para-hydroxylation sites is 1. The van der Waals surface area contributed by atoms with Crippen molar-refractivity contribution in [1.29, 1.82) is 0 Å². The van der Waals surface area contributed by atoms with Gasteiger partial charge in [0.2, 0.25) is 0 Å². The molecule has 2 aromatic rings. The van der Waals surface area contributed by atoms with Crippen molar-refractivity contribution < 1.29 is 0 Å². The van der Waals surface area contributed by atoms with Gasteiger partial charge in [0.25, 0.3) is 0 Å². The zero-order valence-electron chi connectivity index (χ0n) is 11.5. The summed E-state index contributed by atoms with van der Waals surface area (Å²) >= 11 is 3.23. The molecular formula is C18H15NS2. The van der Waals surface area contributed by atoms with Crippen LogP contribution in [0.5, 0.6) is 0 Å². The Morgan fingerprint density at radius 1 is 1.05 bits per heavy atom. The van der Waals surface area contributed by atoms with Crippen molar-refractivity contribution in [3.05, 3.63) is 72.1 Å². The van der Waals surface area contributed by atoms with Gasteiger partial charge < -0.3 is 0 Å². The van der Waals surface area contributed by atoms with Gasteiger partial charge in [-0.3, -0.25) is 0 Å². The van der Waals surface area contributed by atoms with E-state index in [1.165, 1.54) is 4.90 Å². The van der Waals surface area contributed by atoms with Crippen LogP contribution in [0.4, 0.5) is 5.69 Å². The van der Waals surface area contributed by atoms with Gasteiger partial charge in [0.15, 0.2) is 0 Å². The van der Waals surface area contributed by atoms with Crippen molar-refractivity contribution in [2.24, 2.45) is 4.99 Å². The highest BCUT2D eigenvalue weighted by Crippen LogP contribution is 2.20. The fourth-order valence-electron chi connectivity index (χ4n) is 1.53. The van der Waals surface area contributed by atoms with E-state index in [0.29, 0.717) is 5.75 Å². The normalized spacial score (nSPS) is 11.5. The van der Waals surface area contributed by atoms with Crippen LogP contribution < -0.4 is 0 Å². The van der Waals surface area contributed by atoms with Gasteiger partial charge in [-0.05, 0) is 35.7 Å². The Balaban J connectivity index is 2.06. The van der Waals surface area contributed by atoms with Gasteiger partial charge in [0.05, 0.1) is 16.5 Å². The maximum absolute atomic E-state index is 5.33. The largest absolute Gasteiger partial charge is 0.242 e. The van der Waals surface area contributed by atoms with Crippen LogP contribution in [0.25, 0.3) is 0 Å². The third-order valence-electron chi connectivity index (χ3n) is 2.46. The van der Waals surface area contributed by atoms with Crippen LogP contribution >= 0.6 is 23.5 Å². The first-order valence-electron chi connectivity index (χ1n) is 6.47. The topological polar surface area (TPSA) is 12.4 Å². The van der Waals surface area contributed by atoms with Gasteiger partial charge in [0, 0.05) is 4.90 Å². The molecule has 0 amide bonds. The molecule has 0 unspecified atom stereocenters. The lowest BCUT2D eigenvalue weighted by molar-refractivity contribution is 1.47. The van der Waals surface area contributed by atoms with Crippen LogP contribution in [0, 0.1) is 12.3 Å². The van der Waals surface area contributed by atoms with Crippen LogP contribution in [0.2, 0.25) is 0 Å². The van der Waals surface area contributed by atoms with Gasteiger partial charge in [-0.25, -0.2) is 4.99 Å². The van der Waals surface area contributed by atoms with E-state index in [1.54, 1.807) is 23.5 Å². The van der Waals surface area contributed by atoms with E-state index in [2.05, 4.69) is 23.0 Å². The summed E-state index contributed by atoms with van der Waals surface area (Å²) in [4.78, 5) is 5.81. The van der Waals surface area contributed by atoms with E-state index in [-0.39, 0.29) is 0 Å². The number of nitrogens with zero attached hydrogens (tertiary/aromatic N) is 1. The molecule has 0 aliphatic heterocycles. The number of benzene rings is 2. The molecule has 0 heterocycles. The monoisotopic (exact) mass is 309 g/mol. The first-order valence-corrected chi connectivity index (χ1v) is 8.33. The molecule has 21 heavy (non-hydrogen) atoms. The lowest BCUT2D eigenvalue weighted by Crippen LogP contribution is -1.87. The van der Waals surface area contributed by atoms with Crippen molar-refractivity contribution >= 4 is 34.3 Å². The van der Waals surface area contributed by atoms with E-state index >= 15 is 0 Å². The number of rotatable bonds is 5. The number of terminal acetylenes is 1. The number of hydrogen-bond donors (Lipinski definition) is 0. The Morgan fingerprint density at radius 3 is 2.38 bits per heavy atom. The SMILES string of the molecule is C#CCSC(C=CSc1ccccc1)=Nc1ccccc1. The molecule has 0 spiro atoms. The van der Waals surface area contributed by atoms with Crippen LogP contribution in [0.15, 0.2) is 82.0 Å². The van der Waals surface area contributed by atoms with E-state index in [4.69, 9.17) is 6.42 Å². The first-order chi connectivity index (χ1) is 10.4. The summed E-state index contributed by atoms with van der Waals surface area (Å²) in [7, 11) is 0. The van der Waals surface area contributed by atoms with E-state index in [0.717, 1.165) is 10.7 Å². The van der Waals surface area contributed by atoms with Crippen molar-refractivity contribution in [2.75, 3.05) is 5.75 Å². The number of hydrogen-bond acceptors (Lipinski definition) is 3. The molecule has 0 radical (unpaired) electrons. The number of thioether (sulfide) groups is 2. The average molecular weight is 309 g/mol. The maximum atomic E-state index is 5.33. The minimum atomic E-state index is 0.617. The van der Waals surface area contributed by atoms with Crippen LogP contribution in [0.3, 0.4) is 0 Å². The third-order valence-corrected chi connectivity index (χ3v) is 4.11. The lowest BCUT2D eigenvalue weighted by atomic mass is 10.3. The predicted octanol–water partition coefficient (Wildman–Crippen LogP) is 5.39. The zero-order chi connectivity index (χ0) is 14.8. The summed E-state index contributed by atoms with van der Waals surface area (Å²) in [6, 6.07) is 20.1. The summed E-state index contributed by atoms with van der Waals surface area (Å²) in [5.41, 5.74) is 0.936. The first kappa shape index (κ1) is 15.5. The fraction of sp³-hybridized carbons (Fsp3) is 0.0556. The molecule has 0 bridgehead atoms. The Kier molecular flexibility index (Phi) is 6.73. The van der Waals surface area contributed by atoms with Gasteiger partial charge in [-0.1, -0.05) is 65.8 Å². The summed E-state index contributed by atoms with van der Waals surface area (Å²) in [6.45, 7) is 0. The summed E-state index contributed by atoms with van der Waals surface area (Å²) in [5, 5.41) is 2.96. The second-order valence-corrected chi connectivity index (χ2v) is 5.99. The molecule has 0 fully saturated rings. The minimum Gasteiger partial charge on any atom is -0.242 e. The van der Waals surface area contributed by atoms with E-state index in [1.807, 2.05) is 60.0 Å². The molecule has 0 saturated heterocycles. The Morgan fingerprint density at radius 2 is 1.71 bits per heavy atom. The van der Waals surface area contributed by atoms with Crippen molar-refractivity contribution in [1.82, 2.24) is 0 Å². The molecule has 104 valence electrons. The Labute approximate surface area is 134 Å². The molecular weight excluding hydrogens is 294 g/mol. The zero-order valence-corrected chi connectivity index (χ0v) is 13.1. The lowest BCUT2D eigenvalue weighted by Gasteiger charge is -1.99. The minimum absolute atomic E-state index is 0.617. The molecule has 0 atom stereocenters. The summed E-state index contributed by atoms with van der Waals surface area (Å²) < 4.78 is 0.